The number of hydrogen-bond acceptors (Lipinski definition) is 4. The summed E-state index contributed by atoms with van der Waals surface area (Å²) in [5, 5.41) is 9.63. The lowest BCUT2D eigenvalue weighted by molar-refractivity contribution is 0.0949. The molecule has 3 rings (SSSR count). The zero-order chi connectivity index (χ0) is 17.8. The van der Waals surface area contributed by atoms with Gasteiger partial charge in [0.2, 0.25) is 0 Å². The number of para-hydroxylation sites is 1. The van der Waals surface area contributed by atoms with E-state index in [1.165, 1.54) is 6.42 Å². The van der Waals surface area contributed by atoms with Crippen LogP contribution in [0.5, 0.6) is 5.75 Å². The van der Waals surface area contributed by atoms with Crippen LogP contribution in [0.4, 0.5) is 0 Å². The average molecular weight is 347 g/mol. The second-order valence-corrected chi connectivity index (χ2v) is 8.08. The summed E-state index contributed by atoms with van der Waals surface area (Å²) in [6.45, 7) is 10.4. The number of nitrogens with zero attached hydrogens (tertiary/aromatic N) is 2. The quantitative estimate of drug-likeness (QED) is 0.823. The van der Waals surface area contributed by atoms with Crippen LogP contribution in [0.15, 0.2) is 30.3 Å². The minimum absolute atomic E-state index is 0.252. The normalized spacial score (nSPS) is 29.4. The zero-order valence-corrected chi connectivity index (χ0v) is 16.0. The molecule has 0 spiro atoms. The van der Waals surface area contributed by atoms with Gasteiger partial charge >= 0.3 is 0 Å². The topological polar surface area (TPSA) is 35.9 Å². The van der Waals surface area contributed by atoms with Crippen molar-refractivity contribution in [2.75, 3.05) is 26.2 Å². The molecule has 0 radical (unpaired) electrons. The Morgan fingerprint density at radius 3 is 2.60 bits per heavy atom. The van der Waals surface area contributed by atoms with E-state index in [9.17, 15) is 5.11 Å². The predicted octanol–water partition coefficient (Wildman–Crippen LogP) is 3.01. The van der Waals surface area contributed by atoms with E-state index in [1.54, 1.807) is 0 Å². The molecule has 4 atom stereocenters. The molecule has 25 heavy (non-hydrogen) atoms. The third-order valence-corrected chi connectivity index (χ3v) is 6.01. The molecule has 0 amide bonds. The molecule has 0 aliphatic carbocycles. The van der Waals surface area contributed by atoms with Gasteiger partial charge < -0.3 is 9.84 Å². The van der Waals surface area contributed by atoms with Crippen LogP contribution in [0.25, 0.3) is 0 Å². The highest BCUT2D eigenvalue weighted by molar-refractivity contribution is 5.21. The van der Waals surface area contributed by atoms with Gasteiger partial charge in [0.25, 0.3) is 0 Å². The van der Waals surface area contributed by atoms with Crippen molar-refractivity contribution in [3.8, 4) is 5.75 Å². The number of likely N-dealkylation sites (tertiary alicyclic amines) is 2. The Hall–Kier alpha value is -1.10. The van der Waals surface area contributed by atoms with E-state index < -0.39 is 0 Å². The molecule has 0 aromatic heterocycles. The summed E-state index contributed by atoms with van der Waals surface area (Å²) in [6, 6.07) is 11.6. The Labute approximate surface area is 152 Å². The summed E-state index contributed by atoms with van der Waals surface area (Å²) in [7, 11) is 0. The number of ether oxygens (including phenoxy) is 1. The van der Waals surface area contributed by atoms with Gasteiger partial charge in [-0.1, -0.05) is 18.2 Å². The van der Waals surface area contributed by atoms with E-state index >= 15 is 0 Å². The fourth-order valence-corrected chi connectivity index (χ4v) is 4.54. The molecular weight excluding hydrogens is 312 g/mol. The zero-order valence-electron chi connectivity index (χ0n) is 16.0. The Balaban J connectivity index is 1.65. The Kier molecular flexibility index (Phi) is 6.37. The van der Waals surface area contributed by atoms with Crippen LogP contribution < -0.4 is 4.74 Å². The second-order valence-electron chi connectivity index (χ2n) is 8.08. The largest absolute Gasteiger partial charge is 0.489 e. The van der Waals surface area contributed by atoms with E-state index in [2.05, 4.69) is 42.7 Å². The molecule has 0 bridgehead atoms. The summed E-state index contributed by atoms with van der Waals surface area (Å²) >= 11 is 0. The third-order valence-electron chi connectivity index (χ3n) is 6.01. The summed E-state index contributed by atoms with van der Waals surface area (Å²) in [5.74, 6) is 1.52. The smallest absolute Gasteiger partial charge is 0.119 e. The van der Waals surface area contributed by atoms with Crippen molar-refractivity contribution >= 4 is 0 Å². The van der Waals surface area contributed by atoms with Crippen molar-refractivity contribution in [3.05, 3.63) is 30.3 Å². The fourth-order valence-electron chi connectivity index (χ4n) is 4.54. The molecule has 4 heteroatoms. The van der Waals surface area contributed by atoms with E-state index in [0.29, 0.717) is 24.0 Å². The molecule has 2 fully saturated rings. The molecule has 2 saturated heterocycles. The van der Waals surface area contributed by atoms with Gasteiger partial charge in [0, 0.05) is 37.1 Å². The van der Waals surface area contributed by atoms with Crippen LogP contribution in [0.2, 0.25) is 0 Å². The van der Waals surface area contributed by atoms with E-state index in [4.69, 9.17) is 4.74 Å². The van der Waals surface area contributed by atoms with E-state index in [0.717, 1.165) is 38.2 Å². The Bertz CT molecular complexity index is 522. The first-order chi connectivity index (χ1) is 12.1. The second kappa shape index (κ2) is 8.52. The molecule has 3 unspecified atom stereocenters. The van der Waals surface area contributed by atoms with Crippen molar-refractivity contribution in [2.24, 2.45) is 5.92 Å². The van der Waals surface area contributed by atoms with Gasteiger partial charge in [-0.15, -0.1) is 0 Å². The summed E-state index contributed by atoms with van der Waals surface area (Å²) in [4.78, 5) is 5.05. The molecule has 1 N–H and O–H groups in total. The number of rotatable bonds is 7. The maximum Gasteiger partial charge on any atom is 0.119 e. The molecule has 4 nitrogen and oxygen atoms in total. The van der Waals surface area contributed by atoms with Gasteiger partial charge in [0.15, 0.2) is 0 Å². The van der Waals surface area contributed by atoms with Gasteiger partial charge in [-0.2, -0.15) is 0 Å². The lowest BCUT2D eigenvalue weighted by Crippen LogP contribution is -2.41. The van der Waals surface area contributed by atoms with Crippen molar-refractivity contribution in [3.63, 3.8) is 0 Å². The monoisotopic (exact) mass is 346 g/mol. The molecule has 1 aromatic carbocycles. The van der Waals surface area contributed by atoms with Crippen LogP contribution in [0, 0.1) is 5.92 Å². The Morgan fingerprint density at radius 2 is 1.92 bits per heavy atom. The van der Waals surface area contributed by atoms with Crippen molar-refractivity contribution < 1.29 is 9.84 Å². The van der Waals surface area contributed by atoms with Crippen LogP contribution in [0.1, 0.15) is 40.0 Å². The predicted molar refractivity (Wildman–Crippen MR) is 102 cm³/mol. The fraction of sp³-hybridized carbons (Fsp3) is 0.714. The van der Waals surface area contributed by atoms with Crippen molar-refractivity contribution in [2.45, 2.75) is 64.3 Å². The van der Waals surface area contributed by atoms with Crippen LogP contribution in [-0.4, -0.2) is 65.4 Å². The first-order valence-electron chi connectivity index (χ1n) is 9.90. The minimum atomic E-state index is 0.252. The molecule has 1 aromatic rings. The number of aliphatic hydroxyl groups is 1. The highest BCUT2D eigenvalue weighted by Gasteiger charge is 2.38. The maximum absolute atomic E-state index is 9.63. The molecular formula is C21H34N2O2. The molecule has 0 saturated carbocycles. The number of benzene rings is 1. The van der Waals surface area contributed by atoms with E-state index in [-0.39, 0.29) is 12.7 Å². The first kappa shape index (κ1) is 18.7. The molecule has 2 aliphatic heterocycles. The lowest BCUT2D eigenvalue weighted by Gasteiger charge is -2.32. The van der Waals surface area contributed by atoms with Crippen molar-refractivity contribution in [1.82, 2.24) is 9.80 Å². The lowest BCUT2D eigenvalue weighted by atomic mass is 9.96. The molecule has 2 heterocycles. The highest BCUT2D eigenvalue weighted by atomic mass is 16.5. The molecule has 2 aliphatic rings. The van der Waals surface area contributed by atoms with Crippen molar-refractivity contribution in [1.29, 1.82) is 0 Å². The Morgan fingerprint density at radius 1 is 1.16 bits per heavy atom. The van der Waals surface area contributed by atoms with Crippen LogP contribution >= 0.6 is 0 Å². The highest BCUT2D eigenvalue weighted by Crippen LogP contribution is 2.30. The van der Waals surface area contributed by atoms with Gasteiger partial charge in [-0.05, 0) is 58.7 Å². The maximum atomic E-state index is 9.63. The van der Waals surface area contributed by atoms with Gasteiger partial charge in [0.05, 0.1) is 6.61 Å². The van der Waals surface area contributed by atoms with Crippen LogP contribution in [-0.2, 0) is 0 Å². The summed E-state index contributed by atoms with van der Waals surface area (Å²) in [6.07, 6.45) is 3.73. The van der Waals surface area contributed by atoms with Gasteiger partial charge in [0.1, 0.15) is 11.9 Å². The third kappa shape index (κ3) is 4.55. The van der Waals surface area contributed by atoms with Gasteiger partial charge in [-0.3, -0.25) is 9.80 Å². The average Bonchev–Trinajstić information content (AvgIpc) is 3.23. The SMILES string of the molecule is CC(C)N1CC(CC(C)N2CCC[C@H]2CO)C(Oc2ccccc2)C1. The summed E-state index contributed by atoms with van der Waals surface area (Å²) in [5.41, 5.74) is 0. The van der Waals surface area contributed by atoms with Crippen LogP contribution in [0.3, 0.4) is 0 Å². The minimum Gasteiger partial charge on any atom is -0.489 e. The molecule has 140 valence electrons. The summed E-state index contributed by atoms with van der Waals surface area (Å²) < 4.78 is 6.38. The number of hydrogen-bond donors (Lipinski definition) is 1. The van der Waals surface area contributed by atoms with Gasteiger partial charge in [-0.25, -0.2) is 0 Å². The number of aliphatic hydroxyl groups excluding tert-OH is 1. The standard InChI is InChI=1S/C21H34N2O2/c1-16(2)22-13-18(12-17(3)23-11-7-8-19(23)15-24)21(14-22)25-20-9-5-4-6-10-20/h4-6,9-10,16-19,21,24H,7-8,11-15H2,1-3H3/t17?,18?,19-,21?/m0/s1. The van der Waals surface area contributed by atoms with E-state index in [1.807, 2.05) is 18.2 Å². The first-order valence-corrected chi connectivity index (χ1v) is 9.90.